The molecular formula is C15H15ClN2O2. The number of anilines is 1. The molecule has 0 fully saturated rings. The molecule has 2 aromatic carbocycles. The molecule has 0 heterocycles. The lowest BCUT2D eigenvalue weighted by Crippen LogP contribution is -2.04. The van der Waals surface area contributed by atoms with Crippen LogP contribution in [-0.2, 0) is 6.54 Å². The second-order valence-electron chi connectivity index (χ2n) is 4.63. The Labute approximate surface area is 122 Å². The van der Waals surface area contributed by atoms with Crippen LogP contribution in [0.15, 0.2) is 36.4 Å². The first kappa shape index (κ1) is 14.3. The van der Waals surface area contributed by atoms with Crippen molar-refractivity contribution in [3.8, 4) is 0 Å². The summed E-state index contributed by atoms with van der Waals surface area (Å²) in [6.45, 7) is 4.34. The molecule has 0 atom stereocenters. The fourth-order valence-corrected chi connectivity index (χ4v) is 2.29. The number of nitrogens with zero attached hydrogens (tertiary/aromatic N) is 1. The van der Waals surface area contributed by atoms with E-state index in [0.717, 1.165) is 16.8 Å². The minimum Gasteiger partial charge on any atom is -0.381 e. The van der Waals surface area contributed by atoms with Crippen LogP contribution < -0.4 is 5.32 Å². The van der Waals surface area contributed by atoms with Gasteiger partial charge in [-0.2, -0.15) is 0 Å². The highest BCUT2D eigenvalue weighted by Gasteiger charge is 2.12. The van der Waals surface area contributed by atoms with Gasteiger partial charge in [-0.25, -0.2) is 0 Å². The van der Waals surface area contributed by atoms with Gasteiger partial charge in [0, 0.05) is 28.9 Å². The van der Waals surface area contributed by atoms with Gasteiger partial charge in [0.05, 0.1) is 4.92 Å². The zero-order chi connectivity index (χ0) is 14.7. The molecule has 2 rings (SSSR count). The van der Waals surface area contributed by atoms with Gasteiger partial charge in [-0.05, 0) is 43.2 Å². The normalized spacial score (nSPS) is 10.3. The monoisotopic (exact) mass is 290 g/mol. The van der Waals surface area contributed by atoms with Gasteiger partial charge in [-0.1, -0.05) is 23.7 Å². The van der Waals surface area contributed by atoms with Crippen LogP contribution in [0, 0.1) is 24.0 Å². The third kappa shape index (κ3) is 3.08. The molecule has 0 aliphatic heterocycles. The van der Waals surface area contributed by atoms with Gasteiger partial charge in [0.2, 0.25) is 0 Å². The Balaban J connectivity index is 2.19. The fourth-order valence-electron chi connectivity index (χ4n) is 2.06. The van der Waals surface area contributed by atoms with Crippen molar-refractivity contribution in [2.24, 2.45) is 0 Å². The number of benzene rings is 2. The summed E-state index contributed by atoms with van der Waals surface area (Å²) in [6.07, 6.45) is 0. The van der Waals surface area contributed by atoms with Crippen molar-refractivity contribution in [3.63, 3.8) is 0 Å². The summed E-state index contributed by atoms with van der Waals surface area (Å²) in [5.74, 6) is 0. The number of hydrogen-bond donors (Lipinski definition) is 1. The van der Waals surface area contributed by atoms with Crippen molar-refractivity contribution < 1.29 is 4.92 Å². The number of nitrogens with one attached hydrogen (secondary N) is 1. The number of halogens is 1. The molecule has 5 heteroatoms. The topological polar surface area (TPSA) is 55.2 Å². The molecule has 2 aromatic rings. The smallest absolute Gasteiger partial charge is 0.274 e. The minimum atomic E-state index is -0.367. The molecule has 0 bridgehead atoms. The molecule has 0 unspecified atom stereocenters. The summed E-state index contributed by atoms with van der Waals surface area (Å²) in [5.41, 5.74) is 3.74. The lowest BCUT2D eigenvalue weighted by molar-refractivity contribution is -0.385. The molecule has 0 spiro atoms. The number of rotatable bonds is 4. The first-order chi connectivity index (χ1) is 9.49. The largest absolute Gasteiger partial charge is 0.381 e. The lowest BCUT2D eigenvalue weighted by Gasteiger charge is -2.11. The highest BCUT2D eigenvalue weighted by atomic mass is 35.5. The molecule has 20 heavy (non-hydrogen) atoms. The van der Waals surface area contributed by atoms with Gasteiger partial charge < -0.3 is 5.32 Å². The van der Waals surface area contributed by atoms with Crippen molar-refractivity contribution in [2.45, 2.75) is 20.4 Å². The molecule has 0 aliphatic carbocycles. The Bertz CT molecular complexity index is 656. The van der Waals surface area contributed by atoms with E-state index in [2.05, 4.69) is 5.32 Å². The fraction of sp³-hybridized carbons (Fsp3) is 0.200. The predicted octanol–water partition coefficient (Wildman–Crippen LogP) is 4.48. The summed E-state index contributed by atoms with van der Waals surface area (Å²) >= 11 is 5.92. The van der Waals surface area contributed by atoms with Crippen LogP contribution in [0.5, 0.6) is 0 Å². The van der Waals surface area contributed by atoms with Crippen molar-refractivity contribution in [3.05, 3.63) is 68.2 Å². The maximum Gasteiger partial charge on any atom is 0.274 e. The second kappa shape index (κ2) is 5.92. The first-order valence-corrected chi connectivity index (χ1v) is 6.59. The number of nitro benzene ring substituents is 1. The van der Waals surface area contributed by atoms with E-state index in [1.54, 1.807) is 13.0 Å². The van der Waals surface area contributed by atoms with Crippen molar-refractivity contribution >= 4 is 23.0 Å². The van der Waals surface area contributed by atoms with Crippen molar-refractivity contribution in [1.29, 1.82) is 0 Å². The van der Waals surface area contributed by atoms with Gasteiger partial charge in [-0.15, -0.1) is 0 Å². The standard InChI is InChI=1S/C15H15ClN2O2/c1-10-8-13(16)7-6-12(10)9-17-14-4-3-5-15(11(14)2)18(19)20/h3-8,17H,9H2,1-2H3. The molecule has 0 radical (unpaired) electrons. The van der Waals surface area contributed by atoms with E-state index in [0.29, 0.717) is 17.1 Å². The van der Waals surface area contributed by atoms with Gasteiger partial charge in [-0.3, -0.25) is 10.1 Å². The molecule has 0 saturated carbocycles. The van der Waals surface area contributed by atoms with E-state index in [-0.39, 0.29) is 10.6 Å². The summed E-state index contributed by atoms with van der Waals surface area (Å²) < 4.78 is 0. The van der Waals surface area contributed by atoms with Crippen LogP contribution in [0.1, 0.15) is 16.7 Å². The molecule has 1 N–H and O–H groups in total. The Hall–Kier alpha value is -2.07. The molecular weight excluding hydrogens is 276 g/mol. The Morgan fingerprint density at radius 1 is 1.25 bits per heavy atom. The zero-order valence-electron chi connectivity index (χ0n) is 11.3. The van der Waals surface area contributed by atoms with E-state index >= 15 is 0 Å². The van der Waals surface area contributed by atoms with Crippen LogP contribution in [0.4, 0.5) is 11.4 Å². The van der Waals surface area contributed by atoms with E-state index in [1.807, 2.05) is 31.2 Å². The third-order valence-electron chi connectivity index (χ3n) is 3.28. The summed E-state index contributed by atoms with van der Waals surface area (Å²) in [5, 5.41) is 14.8. The Morgan fingerprint density at radius 2 is 2.00 bits per heavy atom. The van der Waals surface area contributed by atoms with E-state index in [1.165, 1.54) is 6.07 Å². The van der Waals surface area contributed by atoms with Crippen LogP contribution in [0.2, 0.25) is 5.02 Å². The Kier molecular flexibility index (Phi) is 4.25. The van der Waals surface area contributed by atoms with Gasteiger partial charge >= 0.3 is 0 Å². The summed E-state index contributed by atoms with van der Waals surface area (Å²) in [4.78, 5) is 10.5. The number of nitro groups is 1. The predicted molar refractivity (Wildman–Crippen MR) is 81.3 cm³/mol. The SMILES string of the molecule is Cc1cc(Cl)ccc1CNc1cccc([N+](=O)[O-])c1C. The molecule has 0 aliphatic rings. The highest BCUT2D eigenvalue weighted by molar-refractivity contribution is 6.30. The zero-order valence-corrected chi connectivity index (χ0v) is 12.1. The maximum atomic E-state index is 10.9. The van der Waals surface area contributed by atoms with Crippen molar-refractivity contribution in [1.82, 2.24) is 0 Å². The maximum absolute atomic E-state index is 10.9. The lowest BCUT2D eigenvalue weighted by atomic mass is 10.1. The van der Waals surface area contributed by atoms with Gasteiger partial charge in [0.1, 0.15) is 0 Å². The molecule has 104 valence electrons. The van der Waals surface area contributed by atoms with E-state index < -0.39 is 0 Å². The molecule has 0 aromatic heterocycles. The first-order valence-electron chi connectivity index (χ1n) is 6.22. The van der Waals surface area contributed by atoms with Gasteiger partial charge in [0.15, 0.2) is 0 Å². The quantitative estimate of drug-likeness (QED) is 0.667. The van der Waals surface area contributed by atoms with Gasteiger partial charge in [0.25, 0.3) is 5.69 Å². The third-order valence-corrected chi connectivity index (χ3v) is 3.51. The molecule has 0 amide bonds. The van der Waals surface area contributed by atoms with Crippen LogP contribution >= 0.6 is 11.6 Å². The van der Waals surface area contributed by atoms with Crippen LogP contribution in [-0.4, -0.2) is 4.92 Å². The van der Waals surface area contributed by atoms with Crippen LogP contribution in [0.25, 0.3) is 0 Å². The molecule has 4 nitrogen and oxygen atoms in total. The average molecular weight is 291 g/mol. The molecule has 0 saturated heterocycles. The van der Waals surface area contributed by atoms with E-state index in [9.17, 15) is 10.1 Å². The van der Waals surface area contributed by atoms with Crippen molar-refractivity contribution in [2.75, 3.05) is 5.32 Å². The minimum absolute atomic E-state index is 0.128. The summed E-state index contributed by atoms with van der Waals surface area (Å²) in [6, 6.07) is 10.7. The van der Waals surface area contributed by atoms with Crippen LogP contribution in [0.3, 0.4) is 0 Å². The Morgan fingerprint density at radius 3 is 2.65 bits per heavy atom. The number of hydrogen-bond acceptors (Lipinski definition) is 3. The highest BCUT2D eigenvalue weighted by Crippen LogP contribution is 2.26. The average Bonchev–Trinajstić information content (AvgIpc) is 2.39. The van der Waals surface area contributed by atoms with E-state index in [4.69, 9.17) is 11.6 Å². The number of aryl methyl sites for hydroxylation is 1. The summed E-state index contributed by atoms with van der Waals surface area (Å²) in [7, 11) is 0. The second-order valence-corrected chi connectivity index (χ2v) is 5.07.